The summed E-state index contributed by atoms with van der Waals surface area (Å²) >= 11 is 0. The lowest BCUT2D eigenvalue weighted by Gasteiger charge is -2.35. The van der Waals surface area contributed by atoms with Gasteiger partial charge in [0.05, 0.1) is 18.2 Å². The van der Waals surface area contributed by atoms with Gasteiger partial charge in [0, 0.05) is 6.42 Å². The third-order valence-electron chi connectivity index (χ3n) is 2.70. The van der Waals surface area contributed by atoms with E-state index < -0.39 is 23.8 Å². The summed E-state index contributed by atoms with van der Waals surface area (Å²) in [4.78, 5) is 10.9. The number of aliphatic hydroxyl groups excluding tert-OH is 1. The monoisotopic (exact) mass is 203 g/mol. The van der Waals surface area contributed by atoms with E-state index in [9.17, 15) is 15.0 Å². The molecule has 0 saturated carbocycles. The SMILES string of the molecule is CC[C@@](C)(O)[C@@H](O)C1CCOC(=O)N1. The molecule has 1 aliphatic rings. The maximum absolute atomic E-state index is 10.9. The number of hydrogen-bond acceptors (Lipinski definition) is 4. The number of carbonyl (C=O) groups is 1. The Morgan fingerprint density at radius 2 is 2.43 bits per heavy atom. The second-order valence-corrected chi connectivity index (χ2v) is 3.83. The number of carbonyl (C=O) groups excluding carboxylic acids is 1. The molecule has 1 saturated heterocycles. The minimum absolute atomic E-state index is 0.285. The Morgan fingerprint density at radius 1 is 1.79 bits per heavy atom. The first-order valence-electron chi connectivity index (χ1n) is 4.81. The molecule has 0 aliphatic carbocycles. The average molecular weight is 203 g/mol. The van der Waals surface area contributed by atoms with Crippen LogP contribution in [-0.4, -0.2) is 40.7 Å². The topological polar surface area (TPSA) is 78.8 Å². The number of amides is 1. The minimum atomic E-state index is -1.17. The molecule has 1 amide bonds. The predicted molar refractivity (Wildman–Crippen MR) is 49.8 cm³/mol. The van der Waals surface area contributed by atoms with Crippen molar-refractivity contribution >= 4 is 6.09 Å². The lowest BCUT2D eigenvalue weighted by molar-refractivity contribution is -0.0859. The Balaban J connectivity index is 2.59. The highest BCUT2D eigenvalue weighted by molar-refractivity contribution is 5.68. The summed E-state index contributed by atoms with van der Waals surface area (Å²) in [5.41, 5.74) is -1.17. The van der Waals surface area contributed by atoms with E-state index in [2.05, 4.69) is 10.1 Å². The first-order valence-corrected chi connectivity index (χ1v) is 4.81. The van der Waals surface area contributed by atoms with Crippen molar-refractivity contribution in [3.05, 3.63) is 0 Å². The van der Waals surface area contributed by atoms with Crippen molar-refractivity contribution < 1.29 is 19.7 Å². The van der Waals surface area contributed by atoms with Crippen molar-refractivity contribution in [3.8, 4) is 0 Å². The molecule has 5 nitrogen and oxygen atoms in total. The van der Waals surface area contributed by atoms with Gasteiger partial charge in [0.25, 0.3) is 0 Å². The molecule has 82 valence electrons. The molecular weight excluding hydrogens is 186 g/mol. The molecule has 0 spiro atoms. The molecule has 1 fully saturated rings. The summed E-state index contributed by atoms with van der Waals surface area (Å²) in [7, 11) is 0. The molecule has 3 atom stereocenters. The smallest absolute Gasteiger partial charge is 0.407 e. The number of rotatable bonds is 3. The molecule has 5 heteroatoms. The van der Waals surface area contributed by atoms with E-state index in [0.717, 1.165) is 0 Å². The molecular formula is C9H17NO4. The van der Waals surface area contributed by atoms with Crippen LogP contribution in [-0.2, 0) is 4.74 Å². The third kappa shape index (κ3) is 2.36. The molecule has 1 rings (SSSR count). The van der Waals surface area contributed by atoms with Crippen LogP contribution >= 0.6 is 0 Å². The fraction of sp³-hybridized carbons (Fsp3) is 0.889. The van der Waals surface area contributed by atoms with Crippen LogP contribution < -0.4 is 5.32 Å². The van der Waals surface area contributed by atoms with Crippen LogP contribution in [0.1, 0.15) is 26.7 Å². The summed E-state index contributed by atoms with van der Waals surface area (Å²) < 4.78 is 4.66. The van der Waals surface area contributed by atoms with Gasteiger partial charge in [-0.3, -0.25) is 0 Å². The normalized spacial score (nSPS) is 28.6. The summed E-state index contributed by atoms with van der Waals surface area (Å²) in [6.45, 7) is 3.62. The van der Waals surface area contributed by atoms with Gasteiger partial charge in [0.2, 0.25) is 0 Å². The molecule has 1 aliphatic heterocycles. The number of aliphatic hydroxyl groups is 2. The van der Waals surface area contributed by atoms with Gasteiger partial charge >= 0.3 is 6.09 Å². The Labute approximate surface area is 83.1 Å². The molecule has 0 aromatic rings. The molecule has 0 aromatic carbocycles. The van der Waals surface area contributed by atoms with Crippen LogP contribution in [0, 0.1) is 0 Å². The highest BCUT2D eigenvalue weighted by atomic mass is 16.6. The Bertz CT molecular complexity index is 217. The zero-order valence-corrected chi connectivity index (χ0v) is 8.49. The van der Waals surface area contributed by atoms with Gasteiger partial charge in [-0.1, -0.05) is 6.92 Å². The predicted octanol–water partition coefficient (Wildman–Crippen LogP) is 0.00680. The van der Waals surface area contributed by atoms with Crippen molar-refractivity contribution in [2.45, 2.75) is 44.4 Å². The van der Waals surface area contributed by atoms with Crippen LogP contribution in [0.25, 0.3) is 0 Å². The molecule has 14 heavy (non-hydrogen) atoms. The lowest BCUT2D eigenvalue weighted by atomic mass is 9.89. The fourth-order valence-corrected chi connectivity index (χ4v) is 1.42. The van der Waals surface area contributed by atoms with E-state index in [0.29, 0.717) is 12.8 Å². The van der Waals surface area contributed by atoms with Gasteiger partial charge < -0.3 is 20.3 Å². The third-order valence-corrected chi connectivity index (χ3v) is 2.70. The Hall–Kier alpha value is -0.810. The van der Waals surface area contributed by atoms with Crippen LogP contribution in [0.15, 0.2) is 0 Å². The molecule has 1 unspecified atom stereocenters. The molecule has 0 bridgehead atoms. The Kier molecular flexibility index (Phi) is 3.34. The van der Waals surface area contributed by atoms with Crippen LogP contribution in [0.2, 0.25) is 0 Å². The summed E-state index contributed by atoms with van der Waals surface area (Å²) in [6.07, 6.45) is -0.544. The van der Waals surface area contributed by atoms with Crippen molar-refractivity contribution in [2.75, 3.05) is 6.61 Å². The van der Waals surface area contributed by atoms with Crippen molar-refractivity contribution in [2.24, 2.45) is 0 Å². The summed E-state index contributed by atoms with van der Waals surface area (Å²) in [5, 5.41) is 22.1. The Morgan fingerprint density at radius 3 is 2.93 bits per heavy atom. The highest BCUT2D eigenvalue weighted by Crippen LogP contribution is 2.20. The standard InChI is InChI=1S/C9H17NO4/c1-3-9(2,13)7(11)6-4-5-14-8(12)10-6/h6-7,11,13H,3-5H2,1-2H3,(H,10,12)/t6?,7-,9+/m0/s1. The van der Waals surface area contributed by atoms with E-state index in [1.165, 1.54) is 0 Å². The first kappa shape index (κ1) is 11.3. The van der Waals surface area contributed by atoms with Gasteiger partial charge in [-0.15, -0.1) is 0 Å². The van der Waals surface area contributed by atoms with Gasteiger partial charge in [-0.25, -0.2) is 4.79 Å². The second-order valence-electron chi connectivity index (χ2n) is 3.83. The van der Waals surface area contributed by atoms with E-state index >= 15 is 0 Å². The summed E-state index contributed by atoms with van der Waals surface area (Å²) in [5.74, 6) is 0. The average Bonchev–Trinajstić information content (AvgIpc) is 2.16. The number of alkyl carbamates (subject to hydrolysis) is 1. The van der Waals surface area contributed by atoms with E-state index in [-0.39, 0.29) is 6.61 Å². The van der Waals surface area contributed by atoms with Gasteiger partial charge in [0.15, 0.2) is 0 Å². The second kappa shape index (κ2) is 4.14. The first-order chi connectivity index (χ1) is 6.47. The number of cyclic esters (lactones) is 1. The van der Waals surface area contributed by atoms with E-state index in [1.807, 2.05) is 0 Å². The van der Waals surface area contributed by atoms with Gasteiger partial charge in [-0.05, 0) is 13.3 Å². The highest BCUT2D eigenvalue weighted by Gasteiger charge is 2.37. The molecule has 3 N–H and O–H groups in total. The lowest BCUT2D eigenvalue weighted by Crippen LogP contribution is -2.56. The fourth-order valence-electron chi connectivity index (χ4n) is 1.42. The maximum Gasteiger partial charge on any atom is 0.407 e. The van der Waals surface area contributed by atoms with Crippen LogP contribution in [0.3, 0.4) is 0 Å². The van der Waals surface area contributed by atoms with Crippen molar-refractivity contribution in [1.29, 1.82) is 0 Å². The van der Waals surface area contributed by atoms with Crippen molar-refractivity contribution in [1.82, 2.24) is 5.32 Å². The summed E-state index contributed by atoms with van der Waals surface area (Å²) in [6, 6.07) is -0.425. The molecule has 0 radical (unpaired) electrons. The number of nitrogens with one attached hydrogen (secondary N) is 1. The van der Waals surface area contributed by atoms with Gasteiger partial charge in [-0.2, -0.15) is 0 Å². The molecule has 1 heterocycles. The maximum atomic E-state index is 10.9. The van der Waals surface area contributed by atoms with E-state index in [4.69, 9.17) is 0 Å². The minimum Gasteiger partial charge on any atom is -0.449 e. The largest absolute Gasteiger partial charge is 0.449 e. The van der Waals surface area contributed by atoms with Crippen LogP contribution in [0.4, 0.5) is 4.79 Å². The van der Waals surface area contributed by atoms with E-state index in [1.54, 1.807) is 13.8 Å². The van der Waals surface area contributed by atoms with Gasteiger partial charge in [0.1, 0.15) is 6.10 Å². The number of hydrogen-bond donors (Lipinski definition) is 3. The number of ether oxygens (including phenoxy) is 1. The zero-order valence-electron chi connectivity index (χ0n) is 8.49. The zero-order chi connectivity index (χ0) is 10.8. The quantitative estimate of drug-likeness (QED) is 0.603. The molecule has 0 aromatic heterocycles. The van der Waals surface area contributed by atoms with Crippen molar-refractivity contribution in [3.63, 3.8) is 0 Å². The van der Waals surface area contributed by atoms with Crippen LogP contribution in [0.5, 0.6) is 0 Å².